The predicted octanol–water partition coefficient (Wildman–Crippen LogP) is 2.93. The molecule has 90 valence electrons. The van der Waals surface area contributed by atoms with E-state index in [1.165, 1.54) is 0 Å². The standard InChI is InChI=1S/C12H22O2Si2/c1-7-13-16(12-6,14-8-2)15(9-3,10-4)11-5/h9-12H,3-8H2,1-2H3. The van der Waals surface area contributed by atoms with Gasteiger partial charge in [0.15, 0.2) is 7.59 Å². The summed E-state index contributed by atoms with van der Waals surface area (Å²) in [5.41, 5.74) is 7.56. The summed E-state index contributed by atoms with van der Waals surface area (Å²) in [6, 6.07) is 0. The molecule has 0 aliphatic carbocycles. The van der Waals surface area contributed by atoms with Gasteiger partial charge in [0.2, 0.25) is 0 Å². The normalized spacial score (nSPS) is 11.9. The molecule has 0 fully saturated rings. The zero-order chi connectivity index (χ0) is 12.7. The molecule has 0 heterocycles. The topological polar surface area (TPSA) is 18.5 Å². The molecular formula is C12H22O2Si2. The summed E-state index contributed by atoms with van der Waals surface area (Å²) >= 11 is 0. The Labute approximate surface area is 101 Å². The van der Waals surface area contributed by atoms with Crippen LogP contribution in [0, 0.1) is 0 Å². The highest BCUT2D eigenvalue weighted by atomic mass is 29.3. The minimum absolute atomic E-state index is 0.600. The predicted molar refractivity (Wildman–Crippen MR) is 75.5 cm³/mol. The van der Waals surface area contributed by atoms with Gasteiger partial charge in [-0.3, -0.25) is 0 Å². The zero-order valence-corrected chi connectivity index (χ0v) is 12.4. The fourth-order valence-electron chi connectivity index (χ4n) is 1.69. The van der Waals surface area contributed by atoms with E-state index in [0.29, 0.717) is 13.2 Å². The lowest BCUT2D eigenvalue weighted by Crippen LogP contribution is -2.63. The Hall–Kier alpha value is -0.686. The second-order valence-corrected chi connectivity index (χ2v) is 13.4. The molecule has 0 aliphatic rings. The molecule has 0 aromatic rings. The molecule has 0 unspecified atom stereocenters. The van der Waals surface area contributed by atoms with Crippen LogP contribution in [0.4, 0.5) is 0 Å². The van der Waals surface area contributed by atoms with Crippen LogP contribution in [0.1, 0.15) is 13.8 Å². The second-order valence-electron chi connectivity index (χ2n) is 3.28. The maximum Gasteiger partial charge on any atom is 0.355 e. The Balaban J connectivity index is 5.56. The van der Waals surface area contributed by atoms with Crippen LogP contribution in [-0.4, -0.2) is 28.9 Å². The van der Waals surface area contributed by atoms with E-state index in [4.69, 9.17) is 8.85 Å². The molecule has 0 aromatic heterocycles. The van der Waals surface area contributed by atoms with Crippen LogP contribution in [0.5, 0.6) is 0 Å². The fourth-order valence-corrected chi connectivity index (χ4v) is 11.1. The summed E-state index contributed by atoms with van der Waals surface area (Å²) in [7, 11) is -4.67. The second kappa shape index (κ2) is 6.80. The largest absolute Gasteiger partial charge is 0.393 e. The average Bonchev–Trinajstić information content (AvgIpc) is 2.32. The van der Waals surface area contributed by atoms with Gasteiger partial charge in [0.05, 0.1) is 0 Å². The average molecular weight is 254 g/mol. The van der Waals surface area contributed by atoms with Crippen molar-refractivity contribution in [2.24, 2.45) is 0 Å². The number of hydrogen-bond donors (Lipinski definition) is 0. The molecule has 0 saturated carbocycles. The van der Waals surface area contributed by atoms with Gasteiger partial charge < -0.3 is 8.85 Å². The molecule has 4 heteroatoms. The van der Waals surface area contributed by atoms with Crippen molar-refractivity contribution in [3.05, 3.63) is 49.1 Å². The van der Waals surface area contributed by atoms with E-state index in [9.17, 15) is 0 Å². The number of rotatable bonds is 9. The molecule has 0 amide bonds. The van der Waals surface area contributed by atoms with Crippen molar-refractivity contribution in [1.82, 2.24) is 0 Å². The van der Waals surface area contributed by atoms with E-state index >= 15 is 0 Å². The van der Waals surface area contributed by atoms with E-state index in [2.05, 4.69) is 26.3 Å². The van der Waals surface area contributed by atoms with Crippen molar-refractivity contribution in [1.29, 1.82) is 0 Å². The van der Waals surface area contributed by atoms with Crippen LogP contribution in [0.25, 0.3) is 0 Å². The third-order valence-electron chi connectivity index (χ3n) is 2.60. The van der Waals surface area contributed by atoms with Crippen molar-refractivity contribution in [3.63, 3.8) is 0 Å². The third kappa shape index (κ3) is 2.52. The summed E-state index contributed by atoms with van der Waals surface area (Å²) in [6.07, 6.45) is 0. The van der Waals surface area contributed by atoms with Crippen molar-refractivity contribution in [2.45, 2.75) is 13.8 Å². The van der Waals surface area contributed by atoms with Gasteiger partial charge in [-0.05, 0) is 13.8 Å². The van der Waals surface area contributed by atoms with E-state index in [1.807, 2.05) is 36.6 Å². The third-order valence-corrected chi connectivity index (χ3v) is 14.7. The highest BCUT2D eigenvalue weighted by Crippen LogP contribution is 2.26. The van der Waals surface area contributed by atoms with Crippen molar-refractivity contribution in [2.75, 3.05) is 13.2 Å². The minimum atomic E-state index is -2.50. The molecule has 0 rings (SSSR count). The summed E-state index contributed by atoms with van der Waals surface area (Å²) in [5, 5.41) is 0. The van der Waals surface area contributed by atoms with Gasteiger partial charge in [-0.25, -0.2) is 0 Å². The monoisotopic (exact) mass is 254 g/mol. The Kier molecular flexibility index (Phi) is 6.51. The van der Waals surface area contributed by atoms with Gasteiger partial charge in [0.25, 0.3) is 0 Å². The fraction of sp³-hybridized carbons (Fsp3) is 0.333. The van der Waals surface area contributed by atoms with Gasteiger partial charge in [-0.15, -0.1) is 26.3 Å². The van der Waals surface area contributed by atoms with Gasteiger partial charge >= 0.3 is 8.08 Å². The molecule has 0 aromatic carbocycles. The summed E-state index contributed by atoms with van der Waals surface area (Å²) in [6.45, 7) is 20.7. The molecule has 0 bridgehead atoms. The first-order valence-electron chi connectivity index (χ1n) is 5.44. The first-order chi connectivity index (χ1) is 7.61. The van der Waals surface area contributed by atoms with E-state index in [0.717, 1.165) is 0 Å². The molecule has 0 saturated heterocycles. The molecule has 0 N–H and O–H groups in total. The van der Waals surface area contributed by atoms with Gasteiger partial charge in [0, 0.05) is 13.2 Å². The van der Waals surface area contributed by atoms with Crippen LogP contribution in [0.2, 0.25) is 0 Å². The summed E-state index contributed by atoms with van der Waals surface area (Å²) in [5.74, 6) is 0. The molecule has 0 spiro atoms. The molecule has 0 aliphatic heterocycles. The van der Waals surface area contributed by atoms with E-state index in [-0.39, 0.29) is 0 Å². The smallest absolute Gasteiger partial charge is 0.355 e. The quantitative estimate of drug-likeness (QED) is 0.589. The Morgan fingerprint density at radius 3 is 1.38 bits per heavy atom. The summed E-state index contributed by atoms with van der Waals surface area (Å²) in [4.78, 5) is 0. The highest BCUT2D eigenvalue weighted by molar-refractivity contribution is 7.45. The van der Waals surface area contributed by atoms with Crippen LogP contribution < -0.4 is 0 Å². The van der Waals surface area contributed by atoms with Gasteiger partial charge in [-0.1, -0.05) is 22.8 Å². The molecule has 0 atom stereocenters. The Morgan fingerprint density at radius 1 is 0.812 bits per heavy atom. The lowest BCUT2D eigenvalue weighted by molar-refractivity contribution is 0.212. The maximum atomic E-state index is 5.90. The lowest BCUT2D eigenvalue weighted by atomic mass is 10.9. The van der Waals surface area contributed by atoms with Gasteiger partial charge in [0.1, 0.15) is 0 Å². The zero-order valence-electron chi connectivity index (χ0n) is 10.4. The molecule has 2 nitrogen and oxygen atoms in total. The summed E-state index contributed by atoms with van der Waals surface area (Å²) < 4.78 is 11.8. The lowest BCUT2D eigenvalue weighted by Gasteiger charge is -2.37. The molecule has 0 radical (unpaired) electrons. The molecule has 16 heavy (non-hydrogen) atoms. The maximum absolute atomic E-state index is 5.90. The first kappa shape index (κ1) is 15.3. The minimum Gasteiger partial charge on any atom is -0.393 e. The van der Waals surface area contributed by atoms with Crippen LogP contribution in [-0.2, 0) is 8.85 Å². The van der Waals surface area contributed by atoms with E-state index in [1.54, 1.807) is 0 Å². The van der Waals surface area contributed by atoms with Gasteiger partial charge in [-0.2, -0.15) is 0 Å². The highest BCUT2D eigenvalue weighted by Gasteiger charge is 2.52. The number of hydrogen-bond acceptors (Lipinski definition) is 2. The Bertz CT molecular complexity index is 246. The first-order valence-corrected chi connectivity index (χ1v) is 10.6. The van der Waals surface area contributed by atoms with Crippen molar-refractivity contribution < 1.29 is 8.85 Å². The van der Waals surface area contributed by atoms with Crippen molar-refractivity contribution >= 4 is 15.7 Å². The van der Waals surface area contributed by atoms with E-state index < -0.39 is 15.7 Å². The van der Waals surface area contributed by atoms with Crippen LogP contribution >= 0.6 is 0 Å². The van der Waals surface area contributed by atoms with Crippen LogP contribution in [0.3, 0.4) is 0 Å². The van der Waals surface area contributed by atoms with Crippen LogP contribution in [0.15, 0.2) is 49.1 Å². The molecular weight excluding hydrogens is 232 g/mol. The Morgan fingerprint density at radius 2 is 1.19 bits per heavy atom. The van der Waals surface area contributed by atoms with Crippen molar-refractivity contribution in [3.8, 4) is 0 Å². The SMILES string of the molecule is C=C[Si](C=C)(C=C)[Si](C=C)(OCC)OCC.